The number of methoxy groups -OCH3 is 1. The fourth-order valence-corrected chi connectivity index (χ4v) is 5.09. The first kappa shape index (κ1) is 18.8. The Morgan fingerprint density at radius 1 is 1.21 bits per heavy atom. The van der Waals surface area contributed by atoms with Gasteiger partial charge >= 0.3 is 11.9 Å². The van der Waals surface area contributed by atoms with Crippen molar-refractivity contribution in [3.05, 3.63) is 63.9 Å². The van der Waals surface area contributed by atoms with Crippen LogP contribution in [0, 0.1) is 16.6 Å². The zero-order chi connectivity index (χ0) is 20.3. The van der Waals surface area contributed by atoms with Gasteiger partial charge in [0.25, 0.3) is 0 Å². The molecule has 2 aliphatic rings. The van der Waals surface area contributed by atoms with Crippen molar-refractivity contribution in [1.29, 1.82) is 0 Å². The fraction of sp³-hybridized carbons (Fsp3) is 0.286. The lowest BCUT2D eigenvalue weighted by Gasteiger charge is -2.22. The molecule has 28 heavy (non-hydrogen) atoms. The Morgan fingerprint density at radius 2 is 1.89 bits per heavy atom. The maximum absolute atomic E-state index is 13.6. The molecule has 144 valence electrons. The molecule has 0 spiro atoms. The second-order valence-corrected chi connectivity index (χ2v) is 7.88. The highest BCUT2D eigenvalue weighted by atomic mass is 79.9. The third-order valence-electron chi connectivity index (χ3n) is 5.93. The number of ether oxygens (including phenoxy) is 2. The van der Waals surface area contributed by atoms with Gasteiger partial charge in [0.15, 0.2) is 11.2 Å². The highest BCUT2D eigenvalue weighted by molar-refractivity contribution is 9.10. The zero-order valence-corrected chi connectivity index (χ0v) is 16.7. The number of fused-ring (bicyclic) bond motifs is 3. The number of hydrogen-bond acceptors (Lipinski definition) is 5. The first-order valence-corrected chi connectivity index (χ1v) is 9.54. The normalized spacial score (nSPS) is 27.3. The van der Waals surface area contributed by atoms with Gasteiger partial charge in [0.2, 0.25) is 0 Å². The third kappa shape index (κ3) is 2.13. The van der Waals surface area contributed by atoms with Gasteiger partial charge in [-0.3, -0.25) is 14.4 Å². The Kier molecular flexibility index (Phi) is 4.19. The number of rotatable bonds is 4. The van der Waals surface area contributed by atoms with Crippen molar-refractivity contribution < 1.29 is 28.2 Å². The van der Waals surface area contributed by atoms with Crippen LogP contribution in [-0.4, -0.2) is 24.8 Å². The minimum Gasteiger partial charge on any atom is -0.468 e. The van der Waals surface area contributed by atoms with Crippen LogP contribution in [0.4, 0.5) is 4.39 Å². The van der Waals surface area contributed by atoms with Crippen molar-refractivity contribution >= 4 is 33.7 Å². The molecular weight excluding hydrogens is 431 g/mol. The predicted molar refractivity (Wildman–Crippen MR) is 100 cm³/mol. The predicted octanol–water partition coefficient (Wildman–Crippen LogP) is 4.04. The van der Waals surface area contributed by atoms with E-state index in [1.807, 2.05) is 0 Å². The van der Waals surface area contributed by atoms with Crippen molar-refractivity contribution in [1.82, 2.24) is 0 Å². The molecule has 0 N–H and O–H groups in total. The minimum atomic E-state index is -1.75. The van der Waals surface area contributed by atoms with Gasteiger partial charge in [0.1, 0.15) is 11.6 Å². The lowest BCUT2D eigenvalue weighted by atomic mass is 9.83. The Bertz CT molecular complexity index is 1020. The minimum absolute atomic E-state index is 0.212. The van der Waals surface area contributed by atoms with Crippen molar-refractivity contribution in [3.8, 4) is 5.75 Å². The molecule has 0 aromatic heterocycles. The molecule has 0 bridgehead atoms. The number of halogens is 2. The van der Waals surface area contributed by atoms with E-state index in [-0.39, 0.29) is 12.0 Å². The summed E-state index contributed by atoms with van der Waals surface area (Å²) < 4.78 is 24.5. The summed E-state index contributed by atoms with van der Waals surface area (Å²) in [5, 5.41) is 0. The number of ketones is 1. The Morgan fingerprint density at radius 3 is 2.50 bits per heavy atom. The van der Waals surface area contributed by atoms with Crippen molar-refractivity contribution in [3.63, 3.8) is 0 Å². The molecule has 1 fully saturated rings. The molecule has 2 aromatic carbocycles. The summed E-state index contributed by atoms with van der Waals surface area (Å²) in [7, 11) is 1.18. The smallest absolute Gasteiger partial charge is 0.330 e. The van der Waals surface area contributed by atoms with Crippen molar-refractivity contribution in [2.45, 2.75) is 19.3 Å². The Balaban J connectivity index is 1.95. The molecular formula is C21H16BrFO5. The van der Waals surface area contributed by atoms with Gasteiger partial charge in [-0.05, 0) is 48.9 Å². The number of benzene rings is 2. The topological polar surface area (TPSA) is 69.7 Å². The summed E-state index contributed by atoms with van der Waals surface area (Å²) in [4.78, 5) is 39.4. The number of carbonyl (C=O) groups is 3. The molecule has 5 nitrogen and oxygen atoms in total. The second-order valence-electron chi connectivity index (χ2n) is 6.97. The number of carbonyl (C=O) groups excluding carboxylic acids is 3. The summed E-state index contributed by atoms with van der Waals surface area (Å²) in [5.74, 6) is -2.88. The van der Waals surface area contributed by atoms with Gasteiger partial charge in [-0.2, -0.15) is 0 Å². The molecule has 0 unspecified atom stereocenters. The SMILES string of the molecule is CC[C@@]1(C(=O)c2ccc(F)cc2)[C@H]2c3cc(Br)ccc3OC(=O)[C@@]21C(=O)OC. The van der Waals surface area contributed by atoms with Crippen molar-refractivity contribution in [2.24, 2.45) is 10.8 Å². The molecule has 1 heterocycles. The standard InChI is InChI=1S/C21H16BrFO5/c1-3-20(17(24)11-4-7-13(23)8-5-11)16-14-10-12(22)6-9-15(14)28-19(26)21(16,20)18(25)27-2/h4-10,16H,3H2,1-2H3/t16-,20+,21+/m1/s1. The van der Waals surface area contributed by atoms with Crippen LogP contribution in [0.5, 0.6) is 5.75 Å². The first-order valence-electron chi connectivity index (χ1n) is 8.75. The van der Waals surface area contributed by atoms with Gasteiger partial charge in [-0.15, -0.1) is 0 Å². The number of esters is 2. The van der Waals surface area contributed by atoms with E-state index in [9.17, 15) is 18.8 Å². The third-order valence-corrected chi connectivity index (χ3v) is 6.42. The molecule has 1 saturated carbocycles. The molecule has 2 aromatic rings. The average molecular weight is 447 g/mol. The maximum atomic E-state index is 13.6. The summed E-state index contributed by atoms with van der Waals surface area (Å²) >= 11 is 3.39. The number of Topliss-reactive ketones (excluding diaryl/α,β-unsaturated/α-hetero) is 1. The average Bonchev–Trinajstić information content (AvgIpc) is 3.35. The summed E-state index contributed by atoms with van der Waals surface area (Å²) in [6, 6.07) is 10.2. The Labute approximate surface area is 169 Å². The summed E-state index contributed by atoms with van der Waals surface area (Å²) in [6.07, 6.45) is 0.212. The van der Waals surface area contributed by atoms with Gasteiger partial charge in [0.05, 0.1) is 12.5 Å². The molecule has 0 saturated heterocycles. The van der Waals surface area contributed by atoms with E-state index in [0.717, 1.165) is 4.47 Å². The zero-order valence-electron chi connectivity index (χ0n) is 15.1. The van der Waals surface area contributed by atoms with Crippen LogP contribution >= 0.6 is 15.9 Å². The monoisotopic (exact) mass is 446 g/mol. The first-order chi connectivity index (χ1) is 13.3. The van der Waals surface area contributed by atoms with Gasteiger partial charge in [0, 0.05) is 21.5 Å². The number of hydrogen-bond donors (Lipinski definition) is 0. The lowest BCUT2D eigenvalue weighted by Crippen LogP contribution is -2.40. The second kappa shape index (κ2) is 6.24. The van der Waals surface area contributed by atoms with Crippen LogP contribution in [-0.2, 0) is 14.3 Å². The van der Waals surface area contributed by atoms with Crippen LogP contribution in [0.1, 0.15) is 35.2 Å². The quantitative estimate of drug-likeness (QED) is 0.306. The van der Waals surface area contributed by atoms with E-state index < -0.39 is 40.3 Å². The fourth-order valence-electron chi connectivity index (χ4n) is 4.71. The van der Waals surface area contributed by atoms with Crippen LogP contribution < -0.4 is 4.74 Å². The van der Waals surface area contributed by atoms with Crippen LogP contribution in [0.25, 0.3) is 0 Å². The largest absolute Gasteiger partial charge is 0.468 e. The molecule has 0 amide bonds. The van der Waals surface area contributed by atoms with Crippen LogP contribution in [0.15, 0.2) is 46.9 Å². The maximum Gasteiger partial charge on any atom is 0.330 e. The molecule has 0 radical (unpaired) electrons. The highest BCUT2D eigenvalue weighted by Crippen LogP contribution is 2.80. The molecule has 4 rings (SSSR count). The van der Waals surface area contributed by atoms with Crippen LogP contribution in [0.3, 0.4) is 0 Å². The van der Waals surface area contributed by atoms with Gasteiger partial charge in [-0.1, -0.05) is 22.9 Å². The molecule has 1 aliphatic carbocycles. The van der Waals surface area contributed by atoms with Crippen molar-refractivity contribution in [2.75, 3.05) is 7.11 Å². The van der Waals surface area contributed by atoms with Gasteiger partial charge in [-0.25, -0.2) is 4.39 Å². The highest BCUT2D eigenvalue weighted by Gasteiger charge is 2.90. The van der Waals surface area contributed by atoms with E-state index in [4.69, 9.17) is 9.47 Å². The molecule has 1 aliphatic heterocycles. The van der Waals surface area contributed by atoms with E-state index in [1.54, 1.807) is 25.1 Å². The van der Waals surface area contributed by atoms with E-state index >= 15 is 0 Å². The van der Waals surface area contributed by atoms with E-state index in [2.05, 4.69) is 15.9 Å². The lowest BCUT2D eigenvalue weighted by molar-refractivity contribution is -0.160. The molecule has 3 atom stereocenters. The Hall–Kier alpha value is -2.54. The van der Waals surface area contributed by atoms with Crippen LogP contribution in [0.2, 0.25) is 0 Å². The summed E-state index contributed by atoms with van der Waals surface area (Å²) in [6.45, 7) is 1.75. The van der Waals surface area contributed by atoms with Gasteiger partial charge < -0.3 is 9.47 Å². The van der Waals surface area contributed by atoms with E-state index in [1.165, 1.54) is 31.4 Å². The van der Waals surface area contributed by atoms with E-state index in [0.29, 0.717) is 11.3 Å². The summed E-state index contributed by atoms with van der Waals surface area (Å²) in [5.41, 5.74) is -2.29. The molecule has 7 heteroatoms.